The molecule has 32 heavy (non-hydrogen) atoms. The van der Waals surface area contributed by atoms with Crippen LogP contribution in [0.25, 0.3) is 0 Å². The standard InChI is InChI=1S/C21H20N4O6S/c1-31-16-6-8-17(9-7-16)32(29,30)25(14-20(26)24-28)19-5-3-2-4-18(19)23-21(27)15-10-12-22-13-11-15/h2-13,28H,14H2,1H3,(H,23,27)(H,24,26). The number of hydrogen-bond donors (Lipinski definition) is 3. The van der Waals surface area contributed by atoms with Crippen LogP contribution in [0.1, 0.15) is 10.4 Å². The van der Waals surface area contributed by atoms with Crippen LogP contribution in [0, 0.1) is 0 Å². The van der Waals surface area contributed by atoms with E-state index < -0.39 is 28.4 Å². The number of nitrogens with one attached hydrogen (secondary N) is 2. The summed E-state index contributed by atoms with van der Waals surface area (Å²) in [5.41, 5.74) is 1.93. The fourth-order valence-electron chi connectivity index (χ4n) is 2.83. The summed E-state index contributed by atoms with van der Waals surface area (Å²) < 4.78 is 32.6. The normalized spacial score (nSPS) is 10.8. The Morgan fingerprint density at radius 1 is 1.03 bits per heavy atom. The molecule has 0 saturated carbocycles. The van der Waals surface area contributed by atoms with Gasteiger partial charge in [0.15, 0.2) is 0 Å². The van der Waals surface area contributed by atoms with Crippen molar-refractivity contribution in [2.45, 2.75) is 4.90 Å². The number of pyridine rings is 1. The van der Waals surface area contributed by atoms with Crippen LogP contribution < -0.4 is 19.8 Å². The fourth-order valence-corrected chi connectivity index (χ4v) is 4.27. The molecule has 0 aliphatic carbocycles. The second-order valence-electron chi connectivity index (χ2n) is 6.43. The minimum Gasteiger partial charge on any atom is -0.497 e. The van der Waals surface area contributed by atoms with Gasteiger partial charge in [0.1, 0.15) is 12.3 Å². The maximum absolute atomic E-state index is 13.4. The van der Waals surface area contributed by atoms with E-state index in [1.54, 1.807) is 12.1 Å². The van der Waals surface area contributed by atoms with Crippen LogP contribution in [-0.4, -0.2) is 44.1 Å². The molecule has 0 aliphatic rings. The first-order valence-corrected chi connectivity index (χ1v) is 10.7. The van der Waals surface area contributed by atoms with Gasteiger partial charge in [-0.15, -0.1) is 0 Å². The van der Waals surface area contributed by atoms with Gasteiger partial charge in [-0.05, 0) is 48.5 Å². The van der Waals surface area contributed by atoms with Crippen molar-refractivity contribution < 1.29 is 28.0 Å². The summed E-state index contributed by atoms with van der Waals surface area (Å²) in [7, 11) is -2.82. The van der Waals surface area contributed by atoms with Crippen LogP contribution >= 0.6 is 0 Å². The van der Waals surface area contributed by atoms with E-state index in [-0.39, 0.29) is 16.3 Å². The first-order valence-electron chi connectivity index (χ1n) is 9.27. The van der Waals surface area contributed by atoms with E-state index >= 15 is 0 Å². The Morgan fingerprint density at radius 2 is 1.69 bits per heavy atom. The van der Waals surface area contributed by atoms with Gasteiger partial charge in [0, 0.05) is 18.0 Å². The van der Waals surface area contributed by atoms with Crippen LogP contribution in [0.3, 0.4) is 0 Å². The molecule has 0 atom stereocenters. The lowest BCUT2D eigenvalue weighted by molar-refractivity contribution is -0.127. The van der Waals surface area contributed by atoms with Gasteiger partial charge < -0.3 is 10.1 Å². The predicted octanol–water partition coefficient (Wildman–Crippen LogP) is 2.04. The lowest BCUT2D eigenvalue weighted by Crippen LogP contribution is -2.40. The Morgan fingerprint density at radius 3 is 2.31 bits per heavy atom. The molecule has 0 bridgehead atoms. The number of carbonyl (C=O) groups is 2. The molecule has 0 unspecified atom stereocenters. The van der Waals surface area contributed by atoms with Gasteiger partial charge in [0.25, 0.3) is 21.8 Å². The summed E-state index contributed by atoms with van der Waals surface area (Å²) >= 11 is 0. The smallest absolute Gasteiger partial charge is 0.264 e. The van der Waals surface area contributed by atoms with Crippen LogP contribution in [0.5, 0.6) is 5.75 Å². The molecule has 2 aromatic carbocycles. The number of anilines is 2. The third kappa shape index (κ3) is 5.02. The van der Waals surface area contributed by atoms with Crippen molar-refractivity contribution in [2.75, 3.05) is 23.3 Å². The SMILES string of the molecule is COc1ccc(S(=O)(=O)N(CC(=O)NO)c2ccccc2NC(=O)c2ccncc2)cc1. The average molecular weight is 456 g/mol. The number of aromatic nitrogens is 1. The Balaban J connectivity index is 2.04. The van der Waals surface area contributed by atoms with Crippen LogP contribution in [0.4, 0.5) is 11.4 Å². The maximum atomic E-state index is 13.4. The summed E-state index contributed by atoms with van der Waals surface area (Å²) in [5, 5.41) is 11.6. The van der Waals surface area contributed by atoms with E-state index in [2.05, 4.69) is 10.3 Å². The number of ether oxygens (including phenoxy) is 1. The molecule has 0 saturated heterocycles. The predicted molar refractivity (Wildman–Crippen MR) is 116 cm³/mol. The lowest BCUT2D eigenvalue weighted by atomic mass is 10.2. The Bertz CT molecular complexity index is 1200. The number of methoxy groups -OCH3 is 1. The van der Waals surface area contributed by atoms with Crippen LogP contribution in [0.15, 0.2) is 78.0 Å². The molecule has 2 amide bonds. The third-order valence-corrected chi connectivity index (χ3v) is 6.20. The molecular formula is C21H20N4O6S. The zero-order chi connectivity index (χ0) is 23.1. The van der Waals surface area contributed by atoms with Gasteiger partial charge in [-0.25, -0.2) is 13.9 Å². The summed E-state index contributed by atoms with van der Waals surface area (Å²) in [6.07, 6.45) is 2.90. The van der Waals surface area contributed by atoms with E-state index in [0.717, 1.165) is 4.31 Å². The number of hydrogen-bond acceptors (Lipinski definition) is 7. The van der Waals surface area contributed by atoms with E-state index in [1.165, 1.54) is 73.5 Å². The summed E-state index contributed by atoms with van der Waals surface area (Å²) in [4.78, 5) is 28.3. The molecule has 1 aromatic heterocycles. The summed E-state index contributed by atoms with van der Waals surface area (Å²) in [6, 6.07) is 14.7. The van der Waals surface area contributed by atoms with Crippen molar-refractivity contribution in [3.05, 3.63) is 78.6 Å². The molecule has 0 radical (unpaired) electrons. The Kier molecular flexibility index (Phi) is 7.03. The number of sulfonamides is 1. The highest BCUT2D eigenvalue weighted by atomic mass is 32.2. The molecule has 0 aliphatic heterocycles. The highest BCUT2D eigenvalue weighted by Crippen LogP contribution is 2.31. The van der Waals surface area contributed by atoms with Crippen molar-refractivity contribution >= 4 is 33.2 Å². The van der Waals surface area contributed by atoms with Crippen molar-refractivity contribution in [3.63, 3.8) is 0 Å². The van der Waals surface area contributed by atoms with E-state index in [9.17, 15) is 18.0 Å². The highest BCUT2D eigenvalue weighted by Gasteiger charge is 2.29. The first-order chi connectivity index (χ1) is 15.4. The molecule has 166 valence electrons. The van der Waals surface area contributed by atoms with E-state index in [4.69, 9.17) is 9.94 Å². The van der Waals surface area contributed by atoms with Gasteiger partial charge in [0.2, 0.25) is 0 Å². The summed E-state index contributed by atoms with van der Waals surface area (Å²) in [6.45, 7) is -0.729. The van der Waals surface area contributed by atoms with Crippen LogP contribution in [0.2, 0.25) is 0 Å². The highest BCUT2D eigenvalue weighted by molar-refractivity contribution is 7.92. The summed E-state index contributed by atoms with van der Waals surface area (Å²) in [5.74, 6) is -1.00. The topological polar surface area (TPSA) is 138 Å². The van der Waals surface area contributed by atoms with Gasteiger partial charge in [0.05, 0.1) is 23.4 Å². The Hall–Kier alpha value is -3.96. The monoisotopic (exact) mass is 456 g/mol. The number of hydroxylamine groups is 1. The molecule has 1 heterocycles. The Labute approximate surface area is 184 Å². The van der Waals surface area contributed by atoms with Crippen molar-refractivity contribution in [1.29, 1.82) is 0 Å². The zero-order valence-electron chi connectivity index (χ0n) is 16.9. The minimum atomic E-state index is -4.26. The first kappa shape index (κ1) is 22.7. The second kappa shape index (κ2) is 9.90. The molecule has 0 spiro atoms. The zero-order valence-corrected chi connectivity index (χ0v) is 17.7. The van der Waals surface area contributed by atoms with E-state index in [1.807, 2.05) is 0 Å². The average Bonchev–Trinajstić information content (AvgIpc) is 2.83. The van der Waals surface area contributed by atoms with Crippen molar-refractivity contribution in [3.8, 4) is 5.75 Å². The lowest BCUT2D eigenvalue weighted by Gasteiger charge is -2.26. The number of para-hydroxylation sites is 2. The van der Waals surface area contributed by atoms with Gasteiger partial charge >= 0.3 is 0 Å². The minimum absolute atomic E-state index is 0.0364. The fraction of sp³-hybridized carbons (Fsp3) is 0.0952. The molecule has 3 N–H and O–H groups in total. The second-order valence-corrected chi connectivity index (χ2v) is 8.29. The number of rotatable bonds is 8. The van der Waals surface area contributed by atoms with Gasteiger partial charge in [-0.2, -0.15) is 0 Å². The molecule has 3 rings (SSSR count). The van der Waals surface area contributed by atoms with Crippen LogP contribution in [-0.2, 0) is 14.8 Å². The molecule has 10 nitrogen and oxygen atoms in total. The molecule has 0 fully saturated rings. The molecule has 11 heteroatoms. The molecular weight excluding hydrogens is 436 g/mol. The largest absolute Gasteiger partial charge is 0.497 e. The van der Waals surface area contributed by atoms with Gasteiger partial charge in [-0.1, -0.05) is 12.1 Å². The van der Waals surface area contributed by atoms with Crippen molar-refractivity contribution in [1.82, 2.24) is 10.5 Å². The number of benzene rings is 2. The van der Waals surface area contributed by atoms with Crippen molar-refractivity contribution in [2.24, 2.45) is 0 Å². The number of carbonyl (C=O) groups excluding carboxylic acids is 2. The number of nitrogens with zero attached hydrogens (tertiary/aromatic N) is 2. The number of amides is 2. The quantitative estimate of drug-likeness (QED) is 0.348. The maximum Gasteiger partial charge on any atom is 0.264 e. The van der Waals surface area contributed by atoms with E-state index in [0.29, 0.717) is 11.3 Å². The molecule has 3 aromatic rings. The third-order valence-electron chi connectivity index (χ3n) is 4.42. The van der Waals surface area contributed by atoms with Gasteiger partial charge in [-0.3, -0.25) is 24.1 Å².